The number of nitrogens with one attached hydrogen (secondary N) is 2. The molecule has 2 N–H and O–H groups in total. The van der Waals surface area contributed by atoms with Crippen LogP contribution in [0.15, 0.2) is 53.4 Å². The molecule has 116 valence electrons. The lowest BCUT2D eigenvalue weighted by molar-refractivity contribution is -0.114. The van der Waals surface area contributed by atoms with Crippen molar-refractivity contribution in [2.24, 2.45) is 0 Å². The Balaban J connectivity index is 2.00. The molecule has 2 aromatic carbocycles. The van der Waals surface area contributed by atoms with Crippen molar-refractivity contribution in [1.29, 1.82) is 0 Å². The lowest BCUT2D eigenvalue weighted by atomic mass is 10.3. The van der Waals surface area contributed by atoms with Crippen LogP contribution in [0, 0.1) is 0 Å². The lowest BCUT2D eigenvalue weighted by Crippen LogP contribution is -2.22. The maximum atomic E-state index is 11.9. The molecular formula is C15H15ClN2O3S. The van der Waals surface area contributed by atoms with Crippen LogP contribution in [-0.2, 0) is 14.6 Å². The van der Waals surface area contributed by atoms with Crippen LogP contribution in [0.4, 0.5) is 11.4 Å². The van der Waals surface area contributed by atoms with Crippen LogP contribution in [0.2, 0.25) is 5.02 Å². The van der Waals surface area contributed by atoms with Crippen molar-refractivity contribution in [3.63, 3.8) is 0 Å². The van der Waals surface area contributed by atoms with Crippen LogP contribution in [0.25, 0.3) is 0 Å². The second kappa shape index (κ2) is 6.81. The number of rotatable bonds is 5. The lowest BCUT2D eigenvalue weighted by Gasteiger charge is -2.09. The summed E-state index contributed by atoms with van der Waals surface area (Å²) in [7, 11) is -3.31. The van der Waals surface area contributed by atoms with E-state index in [0.717, 1.165) is 6.26 Å². The molecule has 0 radical (unpaired) electrons. The number of hydrogen-bond acceptors (Lipinski definition) is 4. The van der Waals surface area contributed by atoms with Gasteiger partial charge in [0.05, 0.1) is 22.2 Å². The monoisotopic (exact) mass is 338 g/mol. The van der Waals surface area contributed by atoms with Crippen LogP contribution >= 0.6 is 11.6 Å². The Morgan fingerprint density at radius 2 is 1.86 bits per heavy atom. The topological polar surface area (TPSA) is 75.3 Å². The third kappa shape index (κ3) is 4.47. The molecule has 0 saturated heterocycles. The smallest absolute Gasteiger partial charge is 0.243 e. The molecule has 0 aliphatic rings. The summed E-state index contributed by atoms with van der Waals surface area (Å²) < 4.78 is 23.0. The first kappa shape index (κ1) is 16.3. The van der Waals surface area contributed by atoms with Crippen molar-refractivity contribution >= 4 is 38.7 Å². The molecule has 2 rings (SSSR count). The van der Waals surface area contributed by atoms with Gasteiger partial charge in [-0.2, -0.15) is 0 Å². The molecule has 0 heterocycles. The Morgan fingerprint density at radius 3 is 2.55 bits per heavy atom. The number of sulfone groups is 1. The van der Waals surface area contributed by atoms with E-state index in [0.29, 0.717) is 16.4 Å². The SMILES string of the molecule is CS(=O)(=O)c1cccc(NC(=O)CNc2ccccc2Cl)c1. The number of halogens is 1. The molecule has 0 spiro atoms. The summed E-state index contributed by atoms with van der Waals surface area (Å²) in [6.07, 6.45) is 1.12. The Labute approximate surface area is 134 Å². The number of carbonyl (C=O) groups is 1. The largest absolute Gasteiger partial charge is 0.375 e. The highest BCUT2D eigenvalue weighted by molar-refractivity contribution is 7.90. The first-order chi connectivity index (χ1) is 10.4. The van der Waals surface area contributed by atoms with Gasteiger partial charge in [0.25, 0.3) is 0 Å². The fourth-order valence-electron chi connectivity index (χ4n) is 1.79. The minimum absolute atomic E-state index is 0.0207. The average molecular weight is 339 g/mol. The van der Waals surface area contributed by atoms with Crippen molar-refractivity contribution in [1.82, 2.24) is 0 Å². The zero-order valence-corrected chi connectivity index (χ0v) is 13.4. The van der Waals surface area contributed by atoms with Gasteiger partial charge in [-0.3, -0.25) is 4.79 Å². The second-order valence-electron chi connectivity index (χ2n) is 4.68. The number of anilines is 2. The highest BCUT2D eigenvalue weighted by atomic mass is 35.5. The van der Waals surface area contributed by atoms with Crippen molar-refractivity contribution in [2.75, 3.05) is 23.4 Å². The van der Waals surface area contributed by atoms with Gasteiger partial charge in [-0.25, -0.2) is 8.42 Å². The second-order valence-corrected chi connectivity index (χ2v) is 7.10. The Bertz CT molecular complexity index is 791. The van der Waals surface area contributed by atoms with Gasteiger partial charge in [0.1, 0.15) is 0 Å². The van der Waals surface area contributed by atoms with Crippen LogP contribution in [0.3, 0.4) is 0 Å². The third-order valence-electron chi connectivity index (χ3n) is 2.86. The van der Waals surface area contributed by atoms with Gasteiger partial charge in [-0.1, -0.05) is 29.8 Å². The predicted octanol–water partition coefficient (Wildman–Crippen LogP) is 2.79. The maximum absolute atomic E-state index is 11.9. The molecule has 0 aliphatic heterocycles. The zero-order valence-electron chi connectivity index (χ0n) is 11.8. The van der Waals surface area contributed by atoms with Gasteiger partial charge in [0, 0.05) is 11.9 Å². The Morgan fingerprint density at radius 1 is 1.14 bits per heavy atom. The number of amides is 1. The van der Waals surface area contributed by atoms with Gasteiger partial charge in [-0.15, -0.1) is 0 Å². The van der Waals surface area contributed by atoms with Gasteiger partial charge in [-0.05, 0) is 30.3 Å². The number of hydrogen-bond donors (Lipinski definition) is 2. The molecule has 7 heteroatoms. The van der Waals surface area contributed by atoms with E-state index >= 15 is 0 Å². The van der Waals surface area contributed by atoms with Crippen molar-refractivity contribution in [2.45, 2.75) is 4.90 Å². The Kier molecular flexibility index (Phi) is 5.05. The van der Waals surface area contributed by atoms with E-state index in [9.17, 15) is 13.2 Å². The minimum Gasteiger partial charge on any atom is -0.375 e. The molecule has 2 aromatic rings. The van der Waals surface area contributed by atoms with Crippen LogP contribution in [-0.4, -0.2) is 27.1 Å². The van der Waals surface area contributed by atoms with E-state index in [2.05, 4.69) is 10.6 Å². The molecule has 1 amide bonds. The highest BCUT2D eigenvalue weighted by Gasteiger charge is 2.09. The van der Waals surface area contributed by atoms with Gasteiger partial charge in [0.15, 0.2) is 9.84 Å². The maximum Gasteiger partial charge on any atom is 0.243 e. The molecule has 0 saturated carbocycles. The standard InChI is InChI=1S/C15H15ClN2O3S/c1-22(20,21)12-6-4-5-11(9-12)18-15(19)10-17-14-8-3-2-7-13(14)16/h2-9,17H,10H2,1H3,(H,18,19). The number of para-hydroxylation sites is 1. The Hall–Kier alpha value is -2.05. The number of benzene rings is 2. The molecule has 0 atom stereocenters. The van der Waals surface area contributed by atoms with Crippen LogP contribution < -0.4 is 10.6 Å². The highest BCUT2D eigenvalue weighted by Crippen LogP contribution is 2.20. The zero-order chi connectivity index (χ0) is 16.2. The summed E-state index contributed by atoms with van der Waals surface area (Å²) in [6.45, 7) is 0.0207. The first-order valence-electron chi connectivity index (χ1n) is 6.44. The molecular weight excluding hydrogens is 324 g/mol. The summed E-state index contributed by atoms with van der Waals surface area (Å²) in [5.41, 5.74) is 1.08. The molecule has 0 aliphatic carbocycles. The normalized spacial score (nSPS) is 11.0. The summed E-state index contributed by atoms with van der Waals surface area (Å²) in [6, 6.07) is 13.2. The van der Waals surface area contributed by atoms with Crippen LogP contribution in [0.5, 0.6) is 0 Å². The van der Waals surface area contributed by atoms with Crippen molar-refractivity contribution in [3.8, 4) is 0 Å². The van der Waals surface area contributed by atoms with Crippen LogP contribution in [0.1, 0.15) is 0 Å². The van der Waals surface area contributed by atoms with E-state index < -0.39 is 9.84 Å². The van der Waals surface area contributed by atoms with E-state index in [1.165, 1.54) is 12.1 Å². The van der Waals surface area contributed by atoms with E-state index in [1.54, 1.807) is 30.3 Å². The average Bonchev–Trinajstić information content (AvgIpc) is 2.46. The van der Waals surface area contributed by atoms with E-state index in [1.807, 2.05) is 6.07 Å². The first-order valence-corrected chi connectivity index (χ1v) is 8.71. The fourth-order valence-corrected chi connectivity index (χ4v) is 2.66. The van der Waals surface area contributed by atoms with Crippen molar-refractivity contribution < 1.29 is 13.2 Å². The molecule has 22 heavy (non-hydrogen) atoms. The van der Waals surface area contributed by atoms with Crippen molar-refractivity contribution in [3.05, 3.63) is 53.6 Å². The van der Waals surface area contributed by atoms with Gasteiger partial charge < -0.3 is 10.6 Å². The third-order valence-corrected chi connectivity index (χ3v) is 4.30. The fraction of sp³-hybridized carbons (Fsp3) is 0.133. The molecule has 0 fully saturated rings. The minimum atomic E-state index is -3.31. The molecule has 0 aromatic heterocycles. The molecule has 0 unspecified atom stereocenters. The summed E-state index contributed by atoms with van der Waals surface area (Å²) in [5, 5.41) is 6.07. The van der Waals surface area contributed by atoms with E-state index in [-0.39, 0.29) is 17.3 Å². The summed E-state index contributed by atoms with van der Waals surface area (Å²) in [5.74, 6) is -0.300. The summed E-state index contributed by atoms with van der Waals surface area (Å²) in [4.78, 5) is 12.0. The molecule has 5 nitrogen and oxygen atoms in total. The van der Waals surface area contributed by atoms with E-state index in [4.69, 9.17) is 11.6 Å². The predicted molar refractivity (Wildman–Crippen MR) is 88.1 cm³/mol. The number of carbonyl (C=O) groups excluding carboxylic acids is 1. The van der Waals surface area contributed by atoms with Gasteiger partial charge >= 0.3 is 0 Å². The molecule has 0 bridgehead atoms. The van der Waals surface area contributed by atoms with Gasteiger partial charge in [0.2, 0.25) is 5.91 Å². The quantitative estimate of drug-likeness (QED) is 0.879. The summed E-state index contributed by atoms with van der Waals surface area (Å²) >= 11 is 5.98.